The molecule has 1 aromatic heterocycles. The molecule has 0 aliphatic rings. The number of hydrogen-bond donors (Lipinski definition) is 1. The highest BCUT2D eigenvalue weighted by molar-refractivity contribution is 7.13. The quantitative estimate of drug-likeness (QED) is 0.364. The zero-order valence-electron chi connectivity index (χ0n) is 15.4. The van der Waals surface area contributed by atoms with E-state index < -0.39 is 0 Å². The molecule has 3 nitrogen and oxygen atoms in total. The van der Waals surface area contributed by atoms with Crippen molar-refractivity contribution in [2.24, 2.45) is 0 Å². The SMILES string of the molecule is O=C(/C=C/c1cccc(Cl)c1)Nc1ccc(-c2csc(-c3ccccc3)n2)cc1. The van der Waals surface area contributed by atoms with Crippen molar-refractivity contribution in [3.05, 3.63) is 101 Å². The third-order valence-corrected chi connectivity index (χ3v) is 5.38. The summed E-state index contributed by atoms with van der Waals surface area (Å²) in [7, 11) is 0. The van der Waals surface area contributed by atoms with Crippen molar-refractivity contribution in [1.82, 2.24) is 4.98 Å². The fourth-order valence-electron chi connectivity index (χ4n) is 2.81. The molecule has 0 aliphatic heterocycles. The van der Waals surface area contributed by atoms with Gasteiger partial charge < -0.3 is 5.32 Å². The van der Waals surface area contributed by atoms with Crippen LogP contribution in [0, 0.1) is 0 Å². The first kappa shape index (κ1) is 19.1. The number of carbonyl (C=O) groups excluding carboxylic acids is 1. The molecule has 0 fully saturated rings. The second-order valence-electron chi connectivity index (χ2n) is 6.36. The Bertz CT molecular complexity index is 1150. The Morgan fingerprint density at radius 2 is 1.72 bits per heavy atom. The second-order valence-corrected chi connectivity index (χ2v) is 7.65. The van der Waals surface area contributed by atoms with Gasteiger partial charge in [-0.05, 0) is 35.9 Å². The van der Waals surface area contributed by atoms with Gasteiger partial charge in [0, 0.05) is 33.3 Å². The molecule has 4 rings (SSSR count). The average Bonchev–Trinajstić information content (AvgIpc) is 3.24. The van der Waals surface area contributed by atoms with Crippen LogP contribution in [0.3, 0.4) is 0 Å². The van der Waals surface area contributed by atoms with Gasteiger partial charge in [-0.1, -0.05) is 66.2 Å². The third kappa shape index (κ3) is 4.99. The zero-order valence-corrected chi connectivity index (χ0v) is 17.0. The van der Waals surface area contributed by atoms with Crippen LogP contribution in [0.2, 0.25) is 5.02 Å². The van der Waals surface area contributed by atoms with Crippen LogP contribution < -0.4 is 5.32 Å². The minimum Gasteiger partial charge on any atom is -0.323 e. The van der Waals surface area contributed by atoms with Crippen LogP contribution in [-0.2, 0) is 4.79 Å². The molecule has 0 saturated heterocycles. The van der Waals surface area contributed by atoms with Crippen LogP contribution in [0.15, 0.2) is 90.3 Å². The number of anilines is 1. The summed E-state index contributed by atoms with van der Waals surface area (Å²) in [6.45, 7) is 0. The second kappa shape index (κ2) is 8.86. The Kier molecular flexibility index (Phi) is 5.84. The van der Waals surface area contributed by atoms with E-state index in [-0.39, 0.29) is 5.91 Å². The van der Waals surface area contributed by atoms with Gasteiger partial charge in [-0.25, -0.2) is 4.98 Å². The van der Waals surface area contributed by atoms with Crippen molar-refractivity contribution in [3.8, 4) is 21.8 Å². The number of halogens is 1. The van der Waals surface area contributed by atoms with Crippen molar-refractivity contribution in [3.63, 3.8) is 0 Å². The molecule has 4 aromatic rings. The monoisotopic (exact) mass is 416 g/mol. The van der Waals surface area contributed by atoms with Crippen LogP contribution >= 0.6 is 22.9 Å². The first-order chi connectivity index (χ1) is 14.2. The molecule has 142 valence electrons. The molecule has 0 saturated carbocycles. The van der Waals surface area contributed by atoms with E-state index in [2.05, 4.69) is 17.4 Å². The molecule has 1 amide bonds. The van der Waals surface area contributed by atoms with Gasteiger partial charge in [0.2, 0.25) is 5.91 Å². The number of nitrogens with zero attached hydrogens (tertiary/aromatic N) is 1. The smallest absolute Gasteiger partial charge is 0.248 e. The Hall–Kier alpha value is -3.21. The summed E-state index contributed by atoms with van der Waals surface area (Å²) < 4.78 is 0. The lowest BCUT2D eigenvalue weighted by molar-refractivity contribution is -0.111. The lowest BCUT2D eigenvalue weighted by Crippen LogP contribution is -2.07. The van der Waals surface area contributed by atoms with Gasteiger partial charge in [-0.15, -0.1) is 11.3 Å². The predicted octanol–water partition coefficient (Wildman–Crippen LogP) is 6.78. The van der Waals surface area contributed by atoms with Crippen LogP contribution in [0.4, 0.5) is 5.69 Å². The van der Waals surface area contributed by atoms with Crippen LogP contribution in [0.25, 0.3) is 27.9 Å². The van der Waals surface area contributed by atoms with Crippen LogP contribution in [0.5, 0.6) is 0 Å². The maximum Gasteiger partial charge on any atom is 0.248 e. The number of nitrogens with one attached hydrogen (secondary N) is 1. The number of thiazole rings is 1. The molecular weight excluding hydrogens is 400 g/mol. The summed E-state index contributed by atoms with van der Waals surface area (Å²) in [4.78, 5) is 16.9. The van der Waals surface area contributed by atoms with E-state index in [9.17, 15) is 4.79 Å². The van der Waals surface area contributed by atoms with E-state index in [0.29, 0.717) is 5.02 Å². The first-order valence-corrected chi connectivity index (χ1v) is 10.3. The van der Waals surface area contributed by atoms with Gasteiger partial charge >= 0.3 is 0 Å². The summed E-state index contributed by atoms with van der Waals surface area (Å²) >= 11 is 7.57. The minimum atomic E-state index is -0.197. The molecule has 29 heavy (non-hydrogen) atoms. The molecule has 0 aliphatic carbocycles. The maximum atomic E-state index is 12.1. The Balaban J connectivity index is 1.42. The lowest BCUT2D eigenvalue weighted by atomic mass is 10.1. The predicted molar refractivity (Wildman–Crippen MR) is 122 cm³/mol. The van der Waals surface area contributed by atoms with Crippen LogP contribution in [0.1, 0.15) is 5.56 Å². The summed E-state index contributed by atoms with van der Waals surface area (Å²) in [6.07, 6.45) is 3.22. The molecule has 0 atom stereocenters. The Morgan fingerprint density at radius 1 is 0.931 bits per heavy atom. The Morgan fingerprint density at radius 3 is 2.48 bits per heavy atom. The van der Waals surface area contributed by atoms with E-state index in [4.69, 9.17) is 16.6 Å². The maximum absolute atomic E-state index is 12.1. The van der Waals surface area contributed by atoms with E-state index in [0.717, 1.165) is 33.1 Å². The van der Waals surface area contributed by atoms with E-state index in [1.165, 1.54) is 6.08 Å². The molecule has 3 aromatic carbocycles. The summed E-state index contributed by atoms with van der Waals surface area (Å²) in [5.74, 6) is -0.197. The van der Waals surface area contributed by atoms with E-state index in [1.807, 2.05) is 60.0 Å². The van der Waals surface area contributed by atoms with Gasteiger partial charge in [0.05, 0.1) is 5.69 Å². The minimum absolute atomic E-state index is 0.197. The fourth-order valence-corrected chi connectivity index (χ4v) is 3.84. The Labute approximate surface area is 178 Å². The molecule has 1 heterocycles. The van der Waals surface area contributed by atoms with Crippen molar-refractivity contribution in [1.29, 1.82) is 0 Å². The topological polar surface area (TPSA) is 42.0 Å². The largest absolute Gasteiger partial charge is 0.323 e. The van der Waals surface area contributed by atoms with Gasteiger partial charge in [0.15, 0.2) is 0 Å². The average molecular weight is 417 g/mol. The van der Waals surface area contributed by atoms with Crippen LogP contribution in [-0.4, -0.2) is 10.9 Å². The van der Waals surface area contributed by atoms with E-state index >= 15 is 0 Å². The van der Waals surface area contributed by atoms with Crippen molar-refractivity contribution in [2.45, 2.75) is 0 Å². The van der Waals surface area contributed by atoms with Gasteiger partial charge in [-0.2, -0.15) is 0 Å². The van der Waals surface area contributed by atoms with Gasteiger partial charge in [0.25, 0.3) is 0 Å². The zero-order chi connectivity index (χ0) is 20.1. The molecule has 5 heteroatoms. The summed E-state index contributed by atoms with van der Waals surface area (Å²) in [5, 5.41) is 6.53. The molecule has 0 spiro atoms. The number of hydrogen-bond acceptors (Lipinski definition) is 3. The molecule has 0 radical (unpaired) electrons. The lowest BCUT2D eigenvalue weighted by Gasteiger charge is -2.03. The highest BCUT2D eigenvalue weighted by atomic mass is 35.5. The molecule has 0 unspecified atom stereocenters. The van der Waals surface area contributed by atoms with Crippen molar-refractivity contribution < 1.29 is 4.79 Å². The summed E-state index contributed by atoms with van der Waals surface area (Å²) in [6, 6.07) is 25.1. The molecule has 1 N–H and O–H groups in total. The van der Waals surface area contributed by atoms with Crippen molar-refractivity contribution >= 4 is 40.6 Å². The normalized spacial score (nSPS) is 10.9. The molecule has 0 bridgehead atoms. The number of amides is 1. The van der Waals surface area contributed by atoms with Gasteiger partial charge in [-0.3, -0.25) is 4.79 Å². The fraction of sp³-hybridized carbons (Fsp3) is 0. The standard InChI is InChI=1S/C24H17ClN2OS/c25-20-8-4-5-17(15-20)9-14-23(28)26-21-12-10-18(11-13-21)22-16-29-24(27-22)19-6-2-1-3-7-19/h1-16H,(H,26,28)/b14-9+. The highest BCUT2D eigenvalue weighted by Crippen LogP contribution is 2.29. The van der Waals surface area contributed by atoms with Gasteiger partial charge in [0.1, 0.15) is 5.01 Å². The summed E-state index contributed by atoms with van der Waals surface area (Å²) in [5.41, 5.74) is 4.65. The van der Waals surface area contributed by atoms with Crippen molar-refractivity contribution in [2.75, 3.05) is 5.32 Å². The number of aromatic nitrogens is 1. The number of carbonyl (C=O) groups is 1. The number of benzene rings is 3. The van der Waals surface area contributed by atoms with E-state index in [1.54, 1.807) is 29.5 Å². The highest BCUT2D eigenvalue weighted by Gasteiger charge is 2.07. The number of rotatable bonds is 5. The first-order valence-electron chi connectivity index (χ1n) is 9.03. The molecular formula is C24H17ClN2OS. The third-order valence-electron chi connectivity index (χ3n) is 4.25.